The zero-order valence-electron chi connectivity index (χ0n) is 9.57. The predicted molar refractivity (Wildman–Crippen MR) is 72.2 cm³/mol. The quantitative estimate of drug-likeness (QED) is 0.806. The molecule has 0 radical (unpaired) electrons. The molecule has 0 aromatic heterocycles. The van der Waals surface area contributed by atoms with Gasteiger partial charge >= 0.3 is 0 Å². The second-order valence-electron chi connectivity index (χ2n) is 2.92. The van der Waals surface area contributed by atoms with Gasteiger partial charge in [-0.1, -0.05) is 43.1 Å². The van der Waals surface area contributed by atoms with Crippen LogP contribution in [0.3, 0.4) is 0 Å². The second kappa shape index (κ2) is 8.55. The van der Waals surface area contributed by atoms with Crippen molar-refractivity contribution in [3.63, 3.8) is 0 Å². The molecule has 1 rings (SSSR count). The number of hydrogen-bond acceptors (Lipinski definition) is 3. The summed E-state index contributed by atoms with van der Waals surface area (Å²) < 4.78 is 13.0. The first-order chi connectivity index (χ1) is 8.15. The molecule has 3 N–H and O–H groups in total. The lowest BCUT2D eigenvalue weighted by Crippen LogP contribution is -2.22. The molecule has 0 fully saturated rings. The molecule has 3 nitrogen and oxygen atoms in total. The first kappa shape index (κ1) is 15.4. The van der Waals surface area contributed by atoms with Crippen molar-refractivity contribution in [2.45, 2.75) is 6.42 Å². The van der Waals surface area contributed by atoms with Gasteiger partial charge in [-0.25, -0.2) is 4.39 Å². The van der Waals surface area contributed by atoms with Crippen molar-refractivity contribution >= 4 is 29.4 Å². The molecule has 0 saturated heterocycles. The molecule has 0 atom stereocenters. The molecule has 92 valence electrons. The maximum Gasteiger partial charge on any atom is 0.228 e. The smallest absolute Gasteiger partial charge is 0.228 e. The topological polar surface area (TPSA) is 55.1 Å². The molecule has 0 aliphatic carbocycles. The highest BCUT2D eigenvalue weighted by Gasteiger charge is 2.08. The summed E-state index contributed by atoms with van der Waals surface area (Å²) >= 11 is 4.48. The van der Waals surface area contributed by atoms with Gasteiger partial charge in [-0.05, 0) is 12.6 Å². The highest BCUT2D eigenvalue weighted by Crippen LogP contribution is 2.18. The maximum atomic E-state index is 13.0. The molecular weight excluding hydrogens is 239 g/mol. The highest BCUT2D eigenvalue weighted by molar-refractivity contribution is 7.78. The molecule has 1 amide bonds. The van der Waals surface area contributed by atoms with Crippen LogP contribution in [0.4, 0.5) is 4.39 Å². The van der Waals surface area contributed by atoms with E-state index in [0.29, 0.717) is 11.1 Å². The summed E-state index contributed by atoms with van der Waals surface area (Å²) in [6, 6.07) is 6.71. The van der Waals surface area contributed by atoms with E-state index in [1.54, 1.807) is 24.3 Å². The molecule has 0 aliphatic heterocycles. The average molecular weight is 254 g/mol. The van der Waals surface area contributed by atoms with Gasteiger partial charge in [-0.2, -0.15) is 0 Å². The van der Waals surface area contributed by atoms with Gasteiger partial charge in [0, 0.05) is 5.56 Å². The van der Waals surface area contributed by atoms with Crippen LogP contribution < -0.4 is 11.1 Å². The zero-order chi connectivity index (χ0) is 13.3. The minimum atomic E-state index is -0.541. The molecular formula is C12H15FN2OS. The Balaban J connectivity index is 0.00000121. The minimum absolute atomic E-state index is 0.0895. The molecule has 0 bridgehead atoms. The van der Waals surface area contributed by atoms with E-state index >= 15 is 0 Å². The molecule has 0 saturated carbocycles. The van der Waals surface area contributed by atoms with Crippen molar-refractivity contribution < 1.29 is 9.18 Å². The number of hydrogen-bond donors (Lipinski definition) is 2. The average Bonchev–Trinajstić information content (AvgIpc) is 2.32. The number of thiocarbonyl (C=S) groups is 1. The molecule has 5 heteroatoms. The summed E-state index contributed by atoms with van der Waals surface area (Å²) in [6.07, 6.45) is 0.0895. The number of carbonyl (C=O) groups excluding carboxylic acids is 1. The van der Waals surface area contributed by atoms with Crippen LogP contribution >= 0.6 is 12.2 Å². The molecule has 0 unspecified atom stereocenters. The van der Waals surface area contributed by atoms with Crippen LogP contribution in [-0.4, -0.2) is 18.4 Å². The fraction of sp³-hybridized carbons (Fsp3) is 0.167. The molecule has 17 heavy (non-hydrogen) atoms. The Kier molecular flexibility index (Phi) is 7.75. The van der Waals surface area contributed by atoms with Crippen LogP contribution in [0.5, 0.6) is 0 Å². The monoisotopic (exact) mass is 254 g/mol. The number of rotatable bonds is 4. The number of amides is 1. The molecule has 1 aromatic rings. The Morgan fingerprint density at radius 3 is 2.65 bits per heavy atom. The fourth-order valence-electron chi connectivity index (χ4n) is 1.23. The van der Waals surface area contributed by atoms with E-state index in [-0.39, 0.29) is 12.3 Å². The van der Waals surface area contributed by atoms with Crippen LogP contribution in [0.1, 0.15) is 11.1 Å². The molecule has 0 aliphatic rings. The van der Waals surface area contributed by atoms with E-state index in [4.69, 9.17) is 0 Å². The van der Waals surface area contributed by atoms with E-state index in [9.17, 15) is 9.18 Å². The summed E-state index contributed by atoms with van der Waals surface area (Å²) in [5.41, 5.74) is 6.59. The van der Waals surface area contributed by atoms with Crippen molar-refractivity contribution in [2.75, 3.05) is 7.05 Å². The van der Waals surface area contributed by atoms with E-state index in [2.05, 4.69) is 29.8 Å². The van der Waals surface area contributed by atoms with Crippen LogP contribution in [0.2, 0.25) is 0 Å². The summed E-state index contributed by atoms with van der Waals surface area (Å²) in [7, 11) is 1.50. The van der Waals surface area contributed by atoms with Gasteiger partial charge in [0.15, 0.2) is 0 Å². The second-order valence-corrected chi connectivity index (χ2v) is 3.16. The Labute approximate surface area is 106 Å². The number of carbonyl (C=O) groups is 1. The first-order valence-corrected chi connectivity index (χ1v) is 5.35. The third-order valence-electron chi connectivity index (χ3n) is 1.88. The minimum Gasteiger partial charge on any atom is -0.333 e. The van der Waals surface area contributed by atoms with E-state index in [0.717, 1.165) is 5.49 Å². The zero-order valence-corrected chi connectivity index (χ0v) is 10.4. The van der Waals surface area contributed by atoms with Crippen molar-refractivity contribution in [3.8, 4) is 0 Å². The normalized spacial score (nSPS) is 8.65. The van der Waals surface area contributed by atoms with Crippen molar-refractivity contribution in [2.24, 2.45) is 5.73 Å². The van der Waals surface area contributed by atoms with Crippen LogP contribution in [0.25, 0.3) is 5.83 Å². The third kappa shape index (κ3) is 5.33. The van der Waals surface area contributed by atoms with E-state index < -0.39 is 5.83 Å². The number of nitrogens with two attached hydrogens (primary N) is 1. The molecule has 0 heterocycles. The number of halogens is 1. The van der Waals surface area contributed by atoms with Gasteiger partial charge in [0.1, 0.15) is 5.83 Å². The lowest BCUT2D eigenvalue weighted by Gasteiger charge is -2.05. The summed E-state index contributed by atoms with van der Waals surface area (Å²) in [4.78, 5) is 11.2. The summed E-state index contributed by atoms with van der Waals surface area (Å²) in [5.74, 6) is -0.806. The standard InChI is InChI=1S/C11H10FNOS.CH5N/c1-8(12)10-5-3-2-4-9(10)6-11(14)13-7-15;1-2/h2-5,7H,1,6H2,(H,13,14,15);2H2,1H3. The Hall–Kier alpha value is -1.59. The Morgan fingerprint density at radius 1 is 1.53 bits per heavy atom. The highest BCUT2D eigenvalue weighted by atomic mass is 32.1. The van der Waals surface area contributed by atoms with Gasteiger partial charge in [0.05, 0.1) is 11.9 Å². The maximum absolute atomic E-state index is 13.0. The third-order valence-corrected chi connectivity index (χ3v) is 2.00. The Bertz CT molecular complexity index is 407. The van der Waals surface area contributed by atoms with Crippen LogP contribution in [0, 0.1) is 0 Å². The number of benzene rings is 1. The van der Waals surface area contributed by atoms with E-state index in [1.165, 1.54) is 7.05 Å². The summed E-state index contributed by atoms with van der Waals surface area (Å²) in [5, 5.41) is 2.36. The van der Waals surface area contributed by atoms with Crippen LogP contribution in [0.15, 0.2) is 30.8 Å². The van der Waals surface area contributed by atoms with Gasteiger partial charge < -0.3 is 11.1 Å². The fourth-order valence-corrected chi connectivity index (χ4v) is 1.36. The van der Waals surface area contributed by atoms with Crippen molar-refractivity contribution in [3.05, 3.63) is 42.0 Å². The summed E-state index contributed by atoms with van der Waals surface area (Å²) in [6.45, 7) is 3.21. The predicted octanol–water partition coefficient (Wildman–Crippen LogP) is 1.82. The van der Waals surface area contributed by atoms with Crippen molar-refractivity contribution in [1.29, 1.82) is 0 Å². The molecule has 1 aromatic carbocycles. The van der Waals surface area contributed by atoms with Gasteiger partial charge in [0.25, 0.3) is 0 Å². The molecule has 0 spiro atoms. The largest absolute Gasteiger partial charge is 0.333 e. The first-order valence-electron chi connectivity index (χ1n) is 4.88. The lowest BCUT2D eigenvalue weighted by atomic mass is 10.0. The number of nitrogens with one attached hydrogen (secondary N) is 1. The van der Waals surface area contributed by atoms with E-state index in [1.807, 2.05) is 0 Å². The van der Waals surface area contributed by atoms with Gasteiger partial charge in [-0.3, -0.25) is 4.79 Å². The SMILES string of the molecule is C=C(F)c1ccccc1CC(=O)NC=S.CN. The lowest BCUT2D eigenvalue weighted by molar-refractivity contribution is -0.118. The van der Waals surface area contributed by atoms with Gasteiger partial charge in [-0.15, -0.1) is 0 Å². The Morgan fingerprint density at radius 2 is 2.12 bits per heavy atom. The van der Waals surface area contributed by atoms with Crippen LogP contribution in [-0.2, 0) is 11.2 Å². The van der Waals surface area contributed by atoms with Gasteiger partial charge in [0.2, 0.25) is 5.91 Å². The van der Waals surface area contributed by atoms with Crippen molar-refractivity contribution in [1.82, 2.24) is 5.32 Å².